The Labute approximate surface area is 167 Å². The van der Waals surface area contributed by atoms with Gasteiger partial charge in [0.2, 0.25) is 11.8 Å². The van der Waals surface area contributed by atoms with Crippen molar-refractivity contribution in [3.8, 4) is 0 Å². The van der Waals surface area contributed by atoms with E-state index in [4.69, 9.17) is 0 Å². The highest BCUT2D eigenvalue weighted by molar-refractivity contribution is 6.01. The number of carbonyl (C=O) groups excluding carboxylic acids is 3. The van der Waals surface area contributed by atoms with Gasteiger partial charge in [0, 0.05) is 31.0 Å². The number of rotatable bonds is 8. The molecule has 1 unspecified atom stereocenters. The highest BCUT2D eigenvalue weighted by Gasteiger charge is 2.28. The Balaban J connectivity index is 1.37. The summed E-state index contributed by atoms with van der Waals surface area (Å²) < 4.78 is 0. The van der Waals surface area contributed by atoms with Gasteiger partial charge in [-0.25, -0.2) is 0 Å². The van der Waals surface area contributed by atoms with Crippen molar-refractivity contribution in [2.75, 3.05) is 19.6 Å². The fourth-order valence-electron chi connectivity index (χ4n) is 3.98. The van der Waals surface area contributed by atoms with Gasteiger partial charge in [-0.15, -0.1) is 0 Å². The molecule has 1 atom stereocenters. The Morgan fingerprint density at radius 2 is 1.79 bits per heavy atom. The zero-order valence-electron chi connectivity index (χ0n) is 16.8. The van der Waals surface area contributed by atoms with Gasteiger partial charge in [-0.1, -0.05) is 18.6 Å². The van der Waals surface area contributed by atoms with Gasteiger partial charge in [0.15, 0.2) is 0 Å². The van der Waals surface area contributed by atoms with Gasteiger partial charge < -0.3 is 10.2 Å². The summed E-state index contributed by atoms with van der Waals surface area (Å²) >= 11 is 0. The first-order chi connectivity index (χ1) is 13.5. The number of amides is 3. The van der Waals surface area contributed by atoms with Crippen LogP contribution in [-0.4, -0.2) is 53.2 Å². The van der Waals surface area contributed by atoms with E-state index >= 15 is 0 Å². The number of nitrogens with zero attached hydrogens (tertiary/aromatic N) is 2. The van der Waals surface area contributed by atoms with Crippen LogP contribution in [0.1, 0.15) is 67.8 Å². The molecule has 0 saturated carbocycles. The minimum absolute atomic E-state index is 0.0776. The number of hydrogen-bond acceptors (Lipinski definition) is 4. The minimum Gasteiger partial charge on any atom is -0.352 e. The second-order valence-electron chi connectivity index (χ2n) is 7.91. The number of likely N-dealkylation sites (tertiary alicyclic amines) is 2. The third kappa shape index (κ3) is 5.41. The molecule has 0 spiro atoms. The lowest BCUT2D eigenvalue weighted by Gasteiger charge is -2.33. The normalized spacial score (nSPS) is 20.6. The minimum atomic E-state index is -0.120. The summed E-state index contributed by atoms with van der Waals surface area (Å²) in [5, 5.41) is 2.98. The number of nitrogens with one attached hydrogen (secondary N) is 1. The molecule has 6 heteroatoms. The molecule has 0 bridgehead atoms. The van der Waals surface area contributed by atoms with Gasteiger partial charge in [0.1, 0.15) is 0 Å². The molecule has 152 valence electrons. The van der Waals surface area contributed by atoms with Crippen LogP contribution in [0.15, 0.2) is 24.3 Å². The molecule has 0 aromatic heterocycles. The van der Waals surface area contributed by atoms with E-state index in [0.717, 1.165) is 24.9 Å². The molecular formula is C22H31N3O3. The molecule has 2 fully saturated rings. The highest BCUT2D eigenvalue weighted by Crippen LogP contribution is 2.17. The Kier molecular flexibility index (Phi) is 7.20. The molecule has 0 radical (unpaired) electrons. The van der Waals surface area contributed by atoms with Crippen LogP contribution >= 0.6 is 0 Å². The number of hydrogen-bond donors (Lipinski definition) is 1. The third-order valence-corrected chi connectivity index (χ3v) is 5.81. The number of unbranched alkanes of at least 4 members (excludes halogenated alkanes) is 1. The molecule has 3 amide bonds. The Morgan fingerprint density at radius 3 is 2.46 bits per heavy atom. The standard InChI is InChI=1S/C22H31N3O3/c1-17-6-2-4-14-24(17)15-5-3-13-23-22(28)19-9-7-18(8-10-19)16-25-20(26)11-12-21(25)27/h7-10,17H,2-6,11-16H2,1H3,(H,23,28). The molecule has 1 aromatic rings. The summed E-state index contributed by atoms with van der Waals surface area (Å²) in [6.07, 6.45) is 6.63. The predicted molar refractivity (Wildman–Crippen MR) is 108 cm³/mol. The second kappa shape index (κ2) is 9.82. The smallest absolute Gasteiger partial charge is 0.251 e. The van der Waals surface area contributed by atoms with Crippen LogP contribution in [0.2, 0.25) is 0 Å². The maximum Gasteiger partial charge on any atom is 0.251 e. The van der Waals surface area contributed by atoms with E-state index in [0.29, 0.717) is 31.0 Å². The molecular weight excluding hydrogens is 354 g/mol. The summed E-state index contributed by atoms with van der Waals surface area (Å²) in [4.78, 5) is 39.5. The SMILES string of the molecule is CC1CCCCN1CCCCNC(=O)c1ccc(CN2C(=O)CCC2=O)cc1. The lowest BCUT2D eigenvalue weighted by atomic mass is 10.0. The van der Waals surface area contributed by atoms with Crippen molar-refractivity contribution in [1.82, 2.24) is 15.1 Å². The number of carbonyl (C=O) groups is 3. The van der Waals surface area contributed by atoms with Gasteiger partial charge in [-0.05, 0) is 63.4 Å². The quantitative estimate of drug-likeness (QED) is 0.552. The first kappa shape index (κ1) is 20.5. The molecule has 2 aliphatic rings. The fourth-order valence-corrected chi connectivity index (χ4v) is 3.98. The summed E-state index contributed by atoms with van der Waals surface area (Å²) in [5.74, 6) is -0.317. The van der Waals surface area contributed by atoms with E-state index in [9.17, 15) is 14.4 Å². The first-order valence-corrected chi connectivity index (χ1v) is 10.5. The molecule has 3 rings (SSSR count). The predicted octanol–water partition coefficient (Wildman–Crippen LogP) is 2.72. The van der Waals surface area contributed by atoms with E-state index < -0.39 is 0 Å². The van der Waals surface area contributed by atoms with Crippen LogP contribution in [0.4, 0.5) is 0 Å². The van der Waals surface area contributed by atoms with Crippen molar-refractivity contribution in [2.45, 2.75) is 64.5 Å². The van der Waals surface area contributed by atoms with E-state index in [-0.39, 0.29) is 24.3 Å². The van der Waals surface area contributed by atoms with Crippen molar-refractivity contribution >= 4 is 17.7 Å². The maximum atomic E-state index is 12.3. The van der Waals surface area contributed by atoms with Crippen molar-refractivity contribution in [3.63, 3.8) is 0 Å². The average Bonchev–Trinajstić information content (AvgIpc) is 3.01. The van der Waals surface area contributed by atoms with Crippen LogP contribution in [0.5, 0.6) is 0 Å². The van der Waals surface area contributed by atoms with E-state index in [1.807, 2.05) is 12.1 Å². The van der Waals surface area contributed by atoms with E-state index in [1.165, 1.54) is 30.7 Å². The van der Waals surface area contributed by atoms with Crippen molar-refractivity contribution < 1.29 is 14.4 Å². The third-order valence-electron chi connectivity index (χ3n) is 5.81. The van der Waals surface area contributed by atoms with E-state index in [2.05, 4.69) is 17.1 Å². The summed E-state index contributed by atoms with van der Waals surface area (Å²) in [5.41, 5.74) is 1.46. The molecule has 2 saturated heterocycles. The monoisotopic (exact) mass is 385 g/mol. The number of imide groups is 1. The second-order valence-corrected chi connectivity index (χ2v) is 7.91. The fraction of sp³-hybridized carbons (Fsp3) is 0.591. The highest BCUT2D eigenvalue weighted by atomic mass is 16.2. The molecule has 2 aliphatic heterocycles. The van der Waals surface area contributed by atoms with Crippen LogP contribution < -0.4 is 5.32 Å². The zero-order valence-corrected chi connectivity index (χ0v) is 16.8. The molecule has 6 nitrogen and oxygen atoms in total. The molecule has 1 aromatic carbocycles. The van der Waals surface area contributed by atoms with Crippen molar-refractivity contribution in [1.29, 1.82) is 0 Å². The zero-order chi connectivity index (χ0) is 19.9. The largest absolute Gasteiger partial charge is 0.352 e. The Hall–Kier alpha value is -2.21. The lowest BCUT2D eigenvalue weighted by Crippen LogP contribution is -2.38. The van der Waals surface area contributed by atoms with Crippen molar-refractivity contribution in [2.24, 2.45) is 0 Å². The first-order valence-electron chi connectivity index (χ1n) is 10.5. The summed E-state index contributed by atoms with van der Waals surface area (Å²) in [7, 11) is 0. The summed E-state index contributed by atoms with van der Waals surface area (Å²) in [6, 6.07) is 7.82. The number of benzene rings is 1. The topological polar surface area (TPSA) is 69.7 Å². The van der Waals surface area contributed by atoms with Crippen LogP contribution in [0, 0.1) is 0 Å². The molecule has 28 heavy (non-hydrogen) atoms. The Morgan fingerprint density at radius 1 is 1.07 bits per heavy atom. The van der Waals surface area contributed by atoms with Gasteiger partial charge in [0.25, 0.3) is 5.91 Å². The maximum absolute atomic E-state index is 12.3. The molecule has 1 N–H and O–H groups in total. The molecule has 2 heterocycles. The van der Waals surface area contributed by atoms with Crippen LogP contribution in [0.25, 0.3) is 0 Å². The average molecular weight is 386 g/mol. The van der Waals surface area contributed by atoms with Gasteiger partial charge >= 0.3 is 0 Å². The number of piperidine rings is 1. The Bertz CT molecular complexity index is 685. The molecule has 0 aliphatic carbocycles. The van der Waals surface area contributed by atoms with Gasteiger partial charge in [-0.3, -0.25) is 19.3 Å². The van der Waals surface area contributed by atoms with Gasteiger partial charge in [0.05, 0.1) is 6.54 Å². The van der Waals surface area contributed by atoms with Crippen LogP contribution in [-0.2, 0) is 16.1 Å². The van der Waals surface area contributed by atoms with E-state index in [1.54, 1.807) is 12.1 Å². The lowest BCUT2D eigenvalue weighted by molar-refractivity contribution is -0.139. The summed E-state index contributed by atoms with van der Waals surface area (Å²) in [6.45, 7) is 5.59. The van der Waals surface area contributed by atoms with Crippen LogP contribution in [0.3, 0.4) is 0 Å². The van der Waals surface area contributed by atoms with Gasteiger partial charge in [-0.2, -0.15) is 0 Å². The van der Waals surface area contributed by atoms with Crippen molar-refractivity contribution in [3.05, 3.63) is 35.4 Å².